The molecule has 0 aliphatic carbocycles. The number of carbonyl (C=O) groups excluding carboxylic acids is 4. The first-order chi connectivity index (χ1) is 13.4. The SMILES string of the molecule is CC[C@@]1(c2ccccc2)NC(=O)N(CC(=O)Nc2cccc(C(C)=O)c2)C1=O. The molecule has 7 nitrogen and oxygen atoms in total. The second-order valence-corrected chi connectivity index (χ2v) is 6.63. The highest BCUT2D eigenvalue weighted by Crippen LogP contribution is 2.32. The van der Waals surface area contributed by atoms with Gasteiger partial charge in [0.15, 0.2) is 5.78 Å². The molecule has 2 aromatic rings. The summed E-state index contributed by atoms with van der Waals surface area (Å²) in [5.74, 6) is -1.11. The van der Waals surface area contributed by atoms with Gasteiger partial charge < -0.3 is 10.6 Å². The van der Waals surface area contributed by atoms with E-state index in [1.807, 2.05) is 13.0 Å². The average molecular weight is 379 g/mol. The molecule has 28 heavy (non-hydrogen) atoms. The fourth-order valence-electron chi connectivity index (χ4n) is 3.29. The zero-order valence-electron chi connectivity index (χ0n) is 15.7. The summed E-state index contributed by atoms with van der Waals surface area (Å²) < 4.78 is 0. The van der Waals surface area contributed by atoms with E-state index in [1.54, 1.807) is 48.5 Å². The number of urea groups is 1. The molecule has 4 amide bonds. The Balaban J connectivity index is 1.76. The van der Waals surface area contributed by atoms with Crippen molar-refractivity contribution in [2.24, 2.45) is 0 Å². The predicted molar refractivity (Wildman–Crippen MR) is 104 cm³/mol. The Morgan fingerprint density at radius 2 is 1.79 bits per heavy atom. The van der Waals surface area contributed by atoms with Crippen molar-refractivity contribution in [3.8, 4) is 0 Å². The Bertz CT molecular complexity index is 942. The van der Waals surface area contributed by atoms with Crippen LogP contribution in [0, 0.1) is 0 Å². The normalized spacial score (nSPS) is 18.7. The minimum Gasteiger partial charge on any atom is -0.325 e. The maximum absolute atomic E-state index is 13.0. The Kier molecular flexibility index (Phi) is 5.26. The summed E-state index contributed by atoms with van der Waals surface area (Å²) in [6.45, 7) is 2.83. The van der Waals surface area contributed by atoms with E-state index in [-0.39, 0.29) is 5.78 Å². The summed E-state index contributed by atoms with van der Waals surface area (Å²) in [5.41, 5.74) is 0.386. The molecule has 1 aliphatic heterocycles. The number of rotatable bonds is 6. The van der Waals surface area contributed by atoms with Gasteiger partial charge in [-0.2, -0.15) is 0 Å². The van der Waals surface area contributed by atoms with Gasteiger partial charge in [0.2, 0.25) is 5.91 Å². The van der Waals surface area contributed by atoms with Gasteiger partial charge in [-0.05, 0) is 31.0 Å². The van der Waals surface area contributed by atoms with E-state index in [2.05, 4.69) is 10.6 Å². The lowest BCUT2D eigenvalue weighted by Gasteiger charge is -2.25. The third kappa shape index (κ3) is 3.51. The summed E-state index contributed by atoms with van der Waals surface area (Å²) in [6, 6.07) is 14.8. The lowest BCUT2D eigenvalue weighted by molar-refractivity contribution is -0.134. The van der Waals surface area contributed by atoms with Crippen LogP contribution in [0.4, 0.5) is 10.5 Å². The summed E-state index contributed by atoms with van der Waals surface area (Å²) in [6.07, 6.45) is 0.361. The third-order valence-corrected chi connectivity index (χ3v) is 4.83. The number of nitrogens with zero attached hydrogens (tertiary/aromatic N) is 1. The van der Waals surface area contributed by atoms with Crippen molar-refractivity contribution in [2.75, 3.05) is 11.9 Å². The van der Waals surface area contributed by atoms with Crippen LogP contribution in [0.1, 0.15) is 36.2 Å². The summed E-state index contributed by atoms with van der Waals surface area (Å²) in [5, 5.41) is 5.36. The molecule has 0 aromatic heterocycles. The molecule has 0 radical (unpaired) electrons. The Labute approximate surface area is 162 Å². The molecule has 0 bridgehead atoms. The molecule has 0 unspecified atom stereocenters. The van der Waals surface area contributed by atoms with Gasteiger partial charge in [0, 0.05) is 11.3 Å². The van der Waals surface area contributed by atoms with Crippen molar-refractivity contribution in [1.29, 1.82) is 0 Å². The van der Waals surface area contributed by atoms with Gasteiger partial charge in [0.1, 0.15) is 12.1 Å². The average Bonchev–Trinajstić information content (AvgIpc) is 2.94. The molecular formula is C21H21N3O4. The molecule has 2 aromatic carbocycles. The Hall–Kier alpha value is -3.48. The second kappa shape index (κ2) is 7.64. The highest BCUT2D eigenvalue weighted by atomic mass is 16.2. The van der Waals surface area contributed by atoms with Crippen molar-refractivity contribution in [3.63, 3.8) is 0 Å². The molecule has 1 atom stereocenters. The van der Waals surface area contributed by atoms with Crippen LogP contribution in [0.15, 0.2) is 54.6 Å². The van der Waals surface area contributed by atoms with Crippen molar-refractivity contribution >= 4 is 29.3 Å². The molecule has 144 valence electrons. The lowest BCUT2D eigenvalue weighted by Crippen LogP contribution is -2.44. The number of nitrogens with one attached hydrogen (secondary N) is 2. The lowest BCUT2D eigenvalue weighted by atomic mass is 9.87. The number of carbonyl (C=O) groups is 4. The van der Waals surface area contributed by atoms with E-state index >= 15 is 0 Å². The van der Waals surface area contributed by atoms with Crippen molar-refractivity contribution < 1.29 is 19.2 Å². The number of amides is 4. The van der Waals surface area contributed by atoms with E-state index in [0.29, 0.717) is 23.2 Å². The molecule has 1 fully saturated rings. The smallest absolute Gasteiger partial charge is 0.325 e. The van der Waals surface area contributed by atoms with Crippen LogP contribution in [0.2, 0.25) is 0 Å². The van der Waals surface area contributed by atoms with Crippen LogP contribution in [-0.4, -0.2) is 35.1 Å². The van der Waals surface area contributed by atoms with Gasteiger partial charge in [0.05, 0.1) is 0 Å². The van der Waals surface area contributed by atoms with Crippen LogP contribution in [0.5, 0.6) is 0 Å². The Morgan fingerprint density at radius 1 is 1.07 bits per heavy atom. The molecule has 2 N–H and O–H groups in total. The fraction of sp³-hybridized carbons (Fsp3) is 0.238. The number of imide groups is 1. The van der Waals surface area contributed by atoms with Gasteiger partial charge in [-0.1, -0.05) is 49.4 Å². The molecule has 7 heteroatoms. The first-order valence-electron chi connectivity index (χ1n) is 8.98. The maximum atomic E-state index is 13.0. The van der Waals surface area contributed by atoms with Crippen LogP contribution in [0.3, 0.4) is 0 Å². The number of hydrogen-bond acceptors (Lipinski definition) is 4. The number of anilines is 1. The fourth-order valence-corrected chi connectivity index (χ4v) is 3.29. The van der Waals surface area contributed by atoms with E-state index < -0.39 is 29.9 Å². The van der Waals surface area contributed by atoms with Crippen LogP contribution >= 0.6 is 0 Å². The van der Waals surface area contributed by atoms with E-state index in [0.717, 1.165) is 4.90 Å². The van der Waals surface area contributed by atoms with Gasteiger partial charge >= 0.3 is 6.03 Å². The molecule has 1 saturated heterocycles. The molecular weight excluding hydrogens is 358 g/mol. The molecule has 1 heterocycles. The van der Waals surface area contributed by atoms with Crippen LogP contribution in [0.25, 0.3) is 0 Å². The molecule has 0 saturated carbocycles. The Morgan fingerprint density at radius 3 is 2.43 bits per heavy atom. The number of hydrogen-bond donors (Lipinski definition) is 2. The molecule has 3 rings (SSSR count). The minimum atomic E-state index is -1.17. The number of ketones is 1. The topological polar surface area (TPSA) is 95.6 Å². The highest BCUT2D eigenvalue weighted by Gasteiger charge is 2.51. The predicted octanol–water partition coefficient (Wildman–Crippen LogP) is 2.69. The first-order valence-corrected chi connectivity index (χ1v) is 8.98. The van der Waals surface area contributed by atoms with Crippen LogP contribution in [-0.2, 0) is 15.1 Å². The van der Waals surface area contributed by atoms with Gasteiger partial charge in [-0.3, -0.25) is 19.3 Å². The highest BCUT2D eigenvalue weighted by molar-refractivity contribution is 6.10. The molecule has 0 spiro atoms. The largest absolute Gasteiger partial charge is 0.325 e. The summed E-state index contributed by atoms with van der Waals surface area (Å²) in [4.78, 5) is 50.2. The maximum Gasteiger partial charge on any atom is 0.325 e. The summed E-state index contributed by atoms with van der Waals surface area (Å²) >= 11 is 0. The summed E-state index contributed by atoms with van der Waals surface area (Å²) in [7, 11) is 0. The first kappa shape index (κ1) is 19.3. The monoisotopic (exact) mass is 379 g/mol. The van der Waals surface area contributed by atoms with Crippen LogP contribution < -0.4 is 10.6 Å². The standard InChI is InChI=1S/C21H21N3O4/c1-3-21(16-9-5-4-6-10-16)19(27)24(20(28)23-21)13-18(26)22-17-11-7-8-15(12-17)14(2)25/h4-12H,3,13H2,1-2H3,(H,22,26)(H,23,28)/t21-/m0/s1. The third-order valence-electron chi connectivity index (χ3n) is 4.83. The zero-order valence-corrected chi connectivity index (χ0v) is 15.7. The van der Waals surface area contributed by atoms with Gasteiger partial charge in [0.25, 0.3) is 5.91 Å². The second-order valence-electron chi connectivity index (χ2n) is 6.63. The van der Waals surface area contributed by atoms with E-state index in [1.165, 1.54) is 6.92 Å². The quantitative estimate of drug-likeness (QED) is 0.596. The molecule has 1 aliphatic rings. The van der Waals surface area contributed by atoms with Gasteiger partial charge in [-0.25, -0.2) is 4.79 Å². The van der Waals surface area contributed by atoms with Crippen molar-refractivity contribution in [3.05, 3.63) is 65.7 Å². The zero-order chi connectivity index (χ0) is 20.3. The minimum absolute atomic E-state index is 0.124. The van der Waals surface area contributed by atoms with E-state index in [9.17, 15) is 19.2 Å². The van der Waals surface area contributed by atoms with Crippen molar-refractivity contribution in [1.82, 2.24) is 10.2 Å². The van der Waals surface area contributed by atoms with Crippen molar-refractivity contribution in [2.45, 2.75) is 25.8 Å². The van der Waals surface area contributed by atoms with Gasteiger partial charge in [-0.15, -0.1) is 0 Å². The number of benzene rings is 2. The van der Waals surface area contributed by atoms with E-state index in [4.69, 9.17) is 0 Å². The number of Topliss-reactive ketones (excluding diaryl/α,β-unsaturated/α-hetero) is 1.